The number of nitrogens with one attached hydrogen (secondary N) is 1. The van der Waals surface area contributed by atoms with Crippen molar-refractivity contribution >= 4 is 29.7 Å². The van der Waals surface area contributed by atoms with E-state index in [0.717, 1.165) is 0 Å². The Kier molecular flexibility index (Phi) is 9.06. The summed E-state index contributed by atoms with van der Waals surface area (Å²) in [5.74, 6) is -2.62. The number of nitrogens with zero attached hydrogens (tertiary/aromatic N) is 3. The number of carbonyl (C=O) groups excluding carboxylic acids is 2. The van der Waals surface area contributed by atoms with Gasteiger partial charge >= 0.3 is 24.1 Å². The average Bonchev–Trinajstić information content (AvgIpc) is 3.42. The van der Waals surface area contributed by atoms with Crippen molar-refractivity contribution in [1.29, 1.82) is 0 Å². The number of hydrogen-bond acceptors (Lipinski definition) is 11. The van der Waals surface area contributed by atoms with Crippen molar-refractivity contribution in [2.24, 2.45) is 5.41 Å². The maximum absolute atomic E-state index is 14.3. The fourth-order valence-electron chi connectivity index (χ4n) is 5.85. The molecule has 2 aliphatic heterocycles. The van der Waals surface area contributed by atoms with E-state index in [4.69, 9.17) is 19.9 Å². The van der Waals surface area contributed by atoms with E-state index in [9.17, 15) is 32.7 Å². The van der Waals surface area contributed by atoms with Crippen molar-refractivity contribution < 1.29 is 46.9 Å². The van der Waals surface area contributed by atoms with E-state index in [-0.39, 0.29) is 34.1 Å². The number of methoxy groups -OCH3 is 1. The van der Waals surface area contributed by atoms with E-state index >= 15 is 0 Å². The van der Waals surface area contributed by atoms with Gasteiger partial charge in [0.05, 0.1) is 7.11 Å². The summed E-state index contributed by atoms with van der Waals surface area (Å²) >= 11 is 0. The van der Waals surface area contributed by atoms with Crippen LogP contribution in [-0.2, 0) is 14.3 Å². The van der Waals surface area contributed by atoms with E-state index in [1.54, 1.807) is 6.07 Å². The number of aromatic nitrogens is 2. The predicted octanol–water partition coefficient (Wildman–Crippen LogP) is 4.15. The number of nitrogens with two attached hydrogens (primary N) is 1. The van der Waals surface area contributed by atoms with Crippen molar-refractivity contribution in [2.45, 2.75) is 44.5 Å². The molecule has 0 radical (unpaired) electrons. The predicted molar refractivity (Wildman–Crippen MR) is 158 cm³/mol. The maximum Gasteiger partial charge on any atom is 0.429 e. The molecule has 0 aliphatic carbocycles. The second kappa shape index (κ2) is 12.8. The molecule has 244 valence electrons. The Balaban J connectivity index is 1.34. The van der Waals surface area contributed by atoms with Crippen LogP contribution in [0.4, 0.5) is 24.9 Å². The lowest BCUT2D eigenvalue weighted by molar-refractivity contribution is -0.198. The van der Waals surface area contributed by atoms with Gasteiger partial charge in [-0.05, 0) is 47.9 Å². The Hall–Kier alpha value is -4.92. The number of nitrogen functional groups attached to an aromatic ring is 1. The molecular formula is C31H32F3N5O7. The number of halogens is 3. The summed E-state index contributed by atoms with van der Waals surface area (Å²) in [5, 5.41) is 12.4. The fourth-order valence-corrected chi connectivity index (χ4v) is 5.85. The number of esters is 2. The van der Waals surface area contributed by atoms with Crippen molar-refractivity contribution in [2.75, 3.05) is 37.4 Å². The van der Waals surface area contributed by atoms with Gasteiger partial charge < -0.3 is 35.3 Å². The number of anilines is 2. The van der Waals surface area contributed by atoms with E-state index in [1.165, 1.54) is 56.5 Å². The molecule has 1 aromatic heterocycles. The lowest BCUT2D eigenvalue weighted by Crippen LogP contribution is -2.41. The monoisotopic (exact) mass is 643 g/mol. The molecule has 12 nitrogen and oxygen atoms in total. The fraction of sp³-hybridized carbons (Fsp3) is 0.387. The highest BCUT2D eigenvalue weighted by molar-refractivity contribution is 5.94. The van der Waals surface area contributed by atoms with Gasteiger partial charge in [-0.1, -0.05) is 30.3 Å². The van der Waals surface area contributed by atoms with Crippen LogP contribution in [0.25, 0.3) is 11.1 Å². The third-order valence-electron chi connectivity index (χ3n) is 8.24. The lowest BCUT2D eigenvalue weighted by atomic mass is 9.76. The lowest BCUT2D eigenvalue weighted by Gasteiger charge is -2.39. The summed E-state index contributed by atoms with van der Waals surface area (Å²) < 4.78 is 58.2. The van der Waals surface area contributed by atoms with Crippen LogP contribution >= 0.6 is 0 Å². The first-order chi connectivity index (χ1) is 21.8. The molecule has 2 aromatic carbocycles. The molecule has 3 aromatic rings. The molecule has 0 bridgehead atoms. The number of alkyl halides is 3. The number of hydrogen-bond donors (Lipinski definition) is 3. The van der Waals surface area contributed by atoms with Gasteiger partial charge in [0.1, 0.15) is 23.2 Å². The summed E-state index contributed by atoms with van der Waals surface area (Å²) in [5.41, 5.74) is 6.47. The van der Waals surface area contributed by atoms with Crippen LogP contribution in [0.5, 0.6) is 11.6 Å². The Bertz CT molecular complexity index is 1630. The van der Waals surface area contributed by atoms with Crippen LogP contribution in [0.3, 0.4) is 0 Å². The van der Waals surface area contributed by atoms with Crippen molar-refractivity contribution in [3.63, 3.8) is 0 Å². The summed E-state index contributed by atoms with van der Waals surface area (Å²) in [6, 6.07) is 10.5. The van der Waals surface area contributed by atoms with Gasteiger partial charge in [-0.25, -0.2) is 4.79 Å². The van der Waals surface area contributed by atoms with Crippen LogP contribution in [0, 0.1) is 5.41 Å². The van der Waals surface area contributed by atoms with Gasteiger partial charge in [0, 0.05) is 38.2 Å². The standard InChI is InChI=1S/C31H32F3N5O7/c1-17(40)45-23-13-20(7-8-21(23)28(43)44-2)18-3-5-19(6-4-18)26(31(32,33)34)46-25-14-24(37-29(35)38-25)39-11-9-30(10-12-39)15-22(27(41)42)36-16-30/h3-8,13-14,22,26,36H,9-12,15-16H2,1-2H3,(H,41,42)(H2,35,37,38)/t22-,26?/m0/s1. The largest absolute Gasteiger partial charge is 0.480 e. The topological polar surface area (TPSA) is 166 Å². The molecular weight excluding hydrogens is 611 g/mol. The Labute approximate surface area is 261 Å². The van der Waals surface area contributed by atoms with Crippen molar-refractivity contribution in [3.05, 3.63) is 59.7 Å². The van der Waals surface area contributed by atoms with E-state index in [0.29, 0.717) is 55.8 Å². The number of carbonyl (C=O) groups is 3. The number of carboxylic acids is 1. The summed E-state index contributed by atoms with van der Waals surface area (Å²) in [6.07, 6.45) is -5.34. The molecule has 1 unspecified atom stereocenters. The molecule has 2 saturated heterocycles. The molecule has 2 atom stereocenters. The van der Waals surface area contributed by atoms with Gasteiger partial charge in [-0.3, -0.25) is 9.59 Å². The highest BCUT2D eigenvalue weighted by Gasteiger charge is 2.45. The second-order valence-corrected chi connectivity index (χ2v) is 11.3. The normalized spacial score (nSPS) is 18.2. The zero-order chi connectivity index (χ0) is 33.2. The van der Waals surface area contributed by atoms with Crippen molar-refractivity contribution in [3.8, 4) is 22.8 Å². The van der Waals surface area contributed by atoms with E-state index in [2.05, 4.69) is 15.3 Å². The molecule has 46 heavy (non-hydrogen) atoms. The molecule has 4 N–H and O–H groups in total. The first kappa shape index (κ1) is 32.5. The molecule has 2 aliphatic rings. The summed E-state index contributed by atoms with van der Waals surface area (Å²) in [7, 11) is 1.18. The number of rotatable bonds is 8. The zero-order valence-corrected chi connectivity index (χ0v) is 25.0. The molecule has 1 spiro atoms. The van der Waals surface area contributed by atoms with Crippen LogP contribution < -0.4 is 25.4 Å². The Morgan fingerprint density at radius 1 is 1.07 bits per heavy atom. The third-order valence-corrected chi connectivity index (χ3v) is 8.24. The van der Waals surface area contributed by atoms with Crippen LogP contribution in [0.1, 0.15) is 48.2 Å². The van der Waals surface area contributed by atoms with Gasteiger partial charge in [0.2, 0.25) is 17.9 Å². The van der Waals surface area contributed by atoms with E-state index < -0.39 is 36.2 Å². The number of carboxylic acid groups (broad SMARTS) is 1. The summed E-state index contributed by atoms with van der Waals surface area (Å²) in [4.78, 5) is 45.0. The highest BCUT2D eigenvalue weighted by atomic mass is 19.4. The molecule has 2 fully saturated rings. The quantitative estimate of drug-likeness (QED) is 0.237. The average molecular weight is 644 g/mol. The maximum atomic E-state index is 14.3. The molecule has 0 amide bonds. The van der Waals surface area contributed by atoms with Gasteiger partial charge in [0.25, 0.3) is 0 Å². The number of ether oxygens (including phenoxy) is 3. The Morgan fingerprint density at radius 3 is 2.33 bits per heavy atom. The zero-order valence-electron chi connectivity index (χ0n) is 25.0. The summed E-state index contributed by atoms with van der Waals surface area (Å²) in [6.45, 7) is 2.76. The van der Waals surface area contributed by atoms with Gasteiger partial charge in [-0.15, -0.1) is 0 Å². The van der Waals surface area contributed by atoms with E-state index in [1.807, 2.05) is 4.90 Å². The minimum absolute atomic E-state index is 0.0125. The number of piperidine rings is 1. The third kappa shape index (κ3) is 7.14. The molecule has 15 heteroatoms. The minimum Gasteiger partial charge on any atom is -0.480 e. The first-order valence-electron chi connectivity index (χ1n) is 14.4. The van der Waals surface area contributed by atoms with Gasteiger partial charge in [-0.2, -0.15) is 23.1 Å². The SMILES string of the molecule is COC(=O)c1ccc(-c2ccc(C(Oc3cc(N4CCC5(CC4)CN[C@H](C(=O)O)C5)nc(N)n3)C(F)(F)F)cc2)cc1OC(C)=O. The Morgan fingerprint density at radius 2 is 1.74 bits per heavy atom. The highest BCUT2D eigenvalue weighted by Crippen LogP contribution is 2.42. The molecule has 5 rings (SSSR count). The van der Waals surface area contributed by atoms with Gasteiger partial charge in [0.15, 0.2) is 0 Å². The number of benzene rings is 2. The van der Waals surface area contributed by atoms with Crippen molar-refractivity contribution in [1.82, 2.24) is 15.3 Å². The van der Waals surface area contributed by atoms with Crippen LogP contribution in [0.15, 0.2) is 48.5 Å². The number of aliphatic carboxylic acids is 1. The second-order valence-electron chi connectivity index (χ2n) is 11.3. The molecule has 3 heterocycles. The first-order valence-corrected chi connectivity index (χ1v) is 14.4. The van der Waals surface area contributed by atoms with Crippen LogP contribution in [0.2, 0.25) is 0 Å². The minimum atomic E-state index is -4.82. The molecule has 0 saturated carbocycles. The van der Waals surface area contributed by atoms with Crippen LogP contribution in [-0.4, -0.2) is 71.9 Å². The smallest absolute Gasteiger partial charge is 0.429 e.